The van der Waals surface area contributed by atoms with Crippen molar-refractivity contribution in [3.63, 3.8) is 0 Å². The zero-order chi connectivity index (χ0) is 16.6. The first kappa shape index (κ1) is 15.3. The van der Waals surface area contributed by atoms with Crippen LogP contribution in [-0.2, 0) is 11.2 Å². The lowest BCUT2D eigenvalue weighted by Gasteiger charge is -2.28. The first-order valence-corrected chi connectivity index (χ1v) is 8.40. The van der Waals surface area contributed by atoms with Crippen molar-refractivity contribution in [3.05, 3.63) is 35.8 Å². The molecule has 1 aromatic heterocycles. The number of fused-ring (bicyclic) bond motifs is 1. The highest BCUT2D eigenvalue weighted by Crippen LogP contribution is 2.33. The molecule has 3 heterocycles. The van der Waals surface area contributed by atoms with Gasteiger partial charge in [0.05, 0.1) is 23.5 Å². The van der Waals surface area contributed by atoms with Gasteiger partial charge in [0, 0.05) is 18.7 Å². The van der Waals surface area contributed by atoms with E-state index in [1.807, 2.05) is 0 Å². The molecule has 2 aromatic rings. The summed E-state index contributed by atoms with van der Waals surface area (Å²) in [4.78, 5) is 9.44. The van der Waals surface area contributed by atoms with Gasteiger partial charge in [-0.15, -0.1) is 0 Å². The van der Waals surface area contributed by atoms with Gasteiger partial charge in [0.15, 0.2) is 11.6 Å². The van der Waals surface area contributed by atoms with Gasteiger partial charge in [-0.1, -0.05) is 0 Å². The molecule has 2 aliphatic heterocycles. The molecular weight excluding hydrogens is 307 g/mol. The number of nitrogens with one attached hydrogen (secondary N) is 2. The number of anilines is 2. The van der Waals surface area contributed by atoms with Crippen molar-refractivity contribution in [2.24, 2.45) is 0 Å². The van der Waals surface area contributed by atoms with Crippen LogP contribution in [0.1, 0.15) is 25.5 Å². The highest BCUT2D eigenvalue weighted by molar-refractivity contribution is 5.72. The van der Waals surface area contributed by atoms with Crippen LogP contribution in [0, 0.1) is 5.82 Å². The number of halogens is 1. The number of aromatic nitrogens is 2. The predicted molar refractivity (Wildman–Crippen MR) is 91.7 cm³/mol. The van der Waals surface area contributed by atoms with Gasteiger partial charge >= 0.3 is 0 Å². The first-order valence-electron chi connectivity index (χ1n) is 8.40. The summed E-state index contributed by atoms with van der Waals surface area (Å²) in [5.74, 6) is 1.18. The zero-order valence-corrected chi connectivity index (χ0v) is 13.7. The van der Waals surface area contributed by atoms with Crippen LogP contribution < -0.4 is 10.6 Å². The van der Waals surface area contributed by atoms with Crippen LogP contribution in [0.5, 0.6) is 0 Å². The molecule has 4 rings (SSSR count). The molecule has 0 saturated carbocycles. The van der Waals surface area contributed by atoms with E-state index in [1.165, 1.54) is 12.1 Å². The fourth-order valence-electron chi connectivity index (χ4n) is 3.21. The van der Waals surface area contributed by atoms with Gasteiger partial charge in [-0.25, -0.2) is 14.4 Å². The second-order valence-corrected chi connectivity index (χ2v) is 6.74. The molecule has 1 aromatic carbocycles. The van der Waals surface area contributed by atoms with E-state index in [9.17, 15) is 4.39 Å². The lowest BCUT2D eigenvalue weighted by Crippen LogP contribution is -2.36. The third kappa shape index (κ3) is 2.94. The molecule has 126 valence electrons. The molecule has 2 N–H and O–H groups in total. The quantitative estimate of drug-likeness (QED) is 0.906. The Kier molecular flexibility index (Phi) is 3.84. The minimum absolute atomic E-state index is 0.124. The SMILES string of the molecule is CC1(Nc2nc(-c3ccc(F)cc3)nc3c2NCCC3)CCOC1. The Morgan fingerprint density at radius 2 is 2.08 bits per heavy atom. The third-order valence-corrected chi connectivity index (χ3v) is 4.62. The molecule has 0 aliphatic carbocycles. The summed E-state index contributed by atoms with van der Waals surface area (Å²) in [5, 5.41) is 6.98. The van der Waals surface area contributed by atoms with Crippen LogP contribution >= 0.6 is 0 Å². The maximum absolute atomic E-state index is 13.2. The van der Waals surface area contributed by atoms with Crippen LogP contribution in [-0.4, -0.2) is 35.3 Å². The molecule has 6 heteroatoms. The summed E-state index contributed by atoms with van der Waals surface area (Å²) in [5.41, 5.74) is 2.70. The van der Waals surface area contributed by atoms with Crippen LogP contribution in [0.2, 0.25) is 0 Å². The fourth-order valence-corrected chi connectivity index (χ4v) is 3.21. The number of nitrogens with zero attached hydrogens (tertiary/aromatic N) is 2. The van der Waals surface area contributed by atoms with E-state index < -0.39 is 0 Å². The van der Waals surface area contributed by atoms with Gasteiger partial charge < -0.3 is 15.4 Å². The van der Waals surface area contributed by atoms with Crippen LogP contribution in [0.3, 0.4) is 0 Å². The molecule has 1 unspecified atom stereocenters. The summed E-state index contributed by atoms with van der Waals surface area (Å²) in [6, 6.07) is 6.32. The lowest BCUT2D eigenvalue weighted by atomic mass is 10.0. The van der Waals surface area contributed by atoms with Crippen molar-refractivity contribution in [3.8, 4) is 11.4 Å². The predicted octanol–water partition coefficient (Wildman–Crippen LogP) is 3.23. The van der Waals surface area contributed by atoms with E-state index in [0.717, 1.165) is 55.2 Å². The third-order valence-electron chi connectivity index (χ3n) is 4.62. The van der Waals surface area contributed by atoms with Gasteiger partial charge in [-0.3, -0.25) is 0 Å². The standard InChI is InChI=1S/C18H21FN4O/c1-18(8-10-24-11-18)23-17-15-14(3-2-9-20-15)21-16(22-17)12-4-6-13(19)7-5-12/h4-7,20H,2-3,8-11H2,1H3,(H,21,22,23). The van der Waals surface area contributed by atoms with Crippen molar-refractivity contribution in [1.82, 2.24) is 9.97 Å². The van der Waals surface area contributed by atoms with E-state index in [1.54, 1.807) is 12.1 Å². The van der Waals surface area contributed by atoms with Gasteiger partial charge in [-0.05, 0) is 50.5 Å². The smallest absolute Gasteiger partial charge is 0.161 e. The van der Waals surface area contributed by atoms with E-state index in [2.05, 4.69) is 17.6 Å². The monoisotopic (exact) mass is 328 g/mol. The fraction of sp³-hybridized carbons (Fsp3) is 0.444. The molecule has 0 radical (unpaired) electrons. The molecule has 1 fully saturated rings. The minimum atomic E-state index is -0.257. The first-order chi connectivity index (χ1) is 11.6. The molecule has 0 spiro atoms. The zero-order valence-electron chi connectivity index (χ0n) is 13.7. The van der Waals surface area contributed by atoms with Crippen molar-refractivity contribution < 1.29 is 9.13 Å². The van der Waals surface area contributed by atoms with Crippen LogP contribution in [0.4, 0.5) is 15.9 Å². The average Bonchev–Trinajstić information content (AvgIpc) is 3.01. The summed E-state index contributed by atoms with van der Waals surface area (Å²) < 4.78 is 18.7. The van der Waals surface area contributed by atoms with E-state index >= 15 is 0 Å². The number of aryl methyl sites for hydroxylation is 1. The van der Waals surface area contributed by atoms with Gasteiger partial charge in [0.25, 0.3) is 0 Å². The second-order valence-electron chi connectivity index (χ2n) is 6.74. The largest absolute Gasteiger partial charge is 0.381 e. The van der Waals surface area contributed by atoms with E-state index in [4.69, 9.17) is 14.7 Å². The Hall–Kier alpha value is -2.21. The molecule has 24 heavy (non-hydrogen) atoms. The topological polar surface area (TPSA) is 59.1 Å². The van der Waals surface area contributed by atoms with Crippen molar-refractivity contribution in [2.75, 3.05) is 30.4 Å². The lowest BCUT2D eigenvalue weighted by molar-refractivity contribution is 0.185. The maximum atomic E-state index is 13.2. The minimum Gasteiger partial charge on any atom is -0.381 e. The Morgan fingerprint density at radius 3 is 2.83 bits per heavy atom. The Labute approximate surface area is 140 Å². The second kappa shape index (κ2) is 6.02. The van der Waals surface area contributed by atoms with Crippen molar-refractivity contribution >= 4 is 11.5 Å². The Bertz CT molecular complexity index is 741. The molecule has 1 atom stereocenters. The summed E-state index contributed by atoms with van der Waals surface area (Å²) >= 11 is 0. The average molecular weight is 328 g/mol. The maximum Gasteiger partial charge on any atom is 0.161 e. The highest BCUT2D eigenvalue weighted by Gasteiger charge is 2.31. The number of ether oxygens (including phenoxy) is 1. The highest BCUT2D eigenvalue weighted by atomic mass is 19.1. The molecule has 1 saturated heterocycles. The van der Waals surface area contributed by atoms with Gasteiger partial charge in [-0.2, -0.15) is 0 Å². The van der Waals surface area contributed by atoms with Crippen molar-refractivity contribution in [1.29, 1.82) is 0 Å². The Balaban J connectivity index is 1.75. The van der Waals surface area contributed by atoms with Gasteiger partial charge in [0.2, 0.25) is 0 Å². The Morgan fingerprint density at radius 1 is 1.25 bits per heavy atom. The van der Waals surface area contributed by atoms with Gasteiger partial charge in [0.1, 0.15) is 5.82 Å². The molecular formula is C18H21FN4O. The van der Waals surface area contributed by atoms with Crippen molar-refractivity contribution in [2.45, 2.75) is 31.7 Å². The molecule has 5 nitrogen and oxygen atoms in total. The van der Waals surface area contributed by atoms with Crippen LogP contribution in [0.25, 0.3) is 11.4 Å². The number of benzene rings is 1. The van der Waals surface area contributed by atoms with E-state index in [-0.39, 0.29) is 11.4 Å². The molecule has 0 amide bonds. The van der Waals surface area contributed by atoms with Crippen LogP contribution in [0.15, 0.2) is 24.3 Å². The molecule has 2 aliphatic rings. The number of rotatable bonds is 3. The molecule has 0 bridgehead atoms. The summed E-state index contributed by atoms with van der Waals surface area (Å²) in [7, 11) is 0. The summed E-state index contributed by atoms with van der Waals surface area (Å²) in [6.07, 6.45) is 2.91. The number of hydrogen-bond acceptors (Lipinski definition) is 5. The normalized spacial score (nSPS) is 22.8. The number of hydrogen-bond donors (Lipinski definition) is 2. The summed E-state index contributed by atoms with van der Waals surface area (Å²) in [6.45, 7) is 4.50. The van der Waals surface area contributed by atoms with E-state index in [0.29, 0.717) is 12.4 Å².